The van der Waals surface area contributed by atoms with E-state index in [9.17, 15) is 0 Å². The van der Waals surface area contributed by atoms with E-state index in [0.717, 1.165) is 17.8 Å². The Labute approximate surface area is 125 Å². The first-order valence-corrected chi connectivity index (χ1v) is 9.02. The van der Waals surface area contributed by atoms with Crippen molar-refractivity contribution in [2.75, 3.05) is 19.6 Å². The monoisotopic (exact) mass is 278 g/mol. The second-order valence-corrected chi connectivity index (χ2v) is 8.24. The van der Waals surface area contributed by atoms with Crippen LogP contribution >= 0.6 is 0 Å². The molecule has 0 bridgehead atoms. The van der Waals surface area contributed by atoms with Gasteiger partial charge in [-0.25, -0.2) is 0 Å². The molecule has 2 saturated carbocycles. The average molecular weight is 278 g/mol. The minimum absolute atomic E-state index is 0.389. The Balaban J connectivity index is 1.74. The number of nitrogens with zero attached hydrogens (tertiary/aromatic N) is 1. The summed E-state index contributed by atoms with van der Waals surface area (Å²) in [5, 5.41) is 3.97. The molecule has 3 aliphatic rings. The van der Waals surface area contributed by atoms with Gasteiger partial charge in [-0.15, -0.1) is 0 Å². The first kappa shape index (κ1) is 14.8. The predicted octanol–water partition coefficient (Wildman–Crippen LogP) is 3.67. The first-order valence-electron chi connectivity index (χ1n) is 9.02. The van der Waals surface area contributed by atoms with Gasteiger partial charge in [0, 0.05) is 30.7 Å². The Morgan fingerprint density at radius 1 is 1.05 bits per heavy atom. The zero-order valence-corrected chi connectivity index (χ0v) is 14.0. The van der Waals surface area contributed by atoms with E-state index in [4.69, 9.17) is 0 Å². The highest BCUT2D eigenvalue weighted by Gasteiger charge is 2.54. The Morgan fingerprint density at radius 3 is 2.15 bits per heavy atom. The van der Waals surface area contributed by atoms with Crippen molar-refractivity contribution >= 4 is 0 Å². The van der Waals surface area contributed by atoms with Crippen molar-refractivity contribution in [1.82, 2.24) is 10.2 Å². The predicted molar refractivity (Wildman–Crippen MR) is 85.9 cm³/mol. The van der Waals surface area contributed by atoms with Crippen LogP contribution in [0.25, 0.3) is 0 Å². The van der Waals surface area contributed by atoms with E-state index in [0.29, 0.717) is 11.1 Å². The molecule has 0 radical (unpaired) electrons. The quantitative estimate of drug-likeness (QED) is 0.797. The van der Waals surface area contributed by atoms with Crippen LogP contribution in [0.2, 0.25) is 0 Å². The van der Waals surface area contributed by atoms with Gasteiger partial charge in [0.15, 0.2) is 0 Å². The molecule has 1 aliphatic heterocycles. The molecule has 0 aromatic rings. The van der Waals surface area contributed by atoms with Gasteiger partial charge in [-0.1, -0.05) is 26.7 Å². The maximum Gasteiger partial charge on any atom is 0.0335 e. The third-order valence-corrected chi connectivity index (χ3v) is 6.66. The lowest BCUT2D eigenvalue weighted by Crippen LogP contribution is -2.70. The van der Waals surface area contributed by atoms with Gasteiger partial charge in [0.1, 0.15) is 0 Å². The fourth-order valence-corrected chi connectivity index (χ4v) is 4.36. The first-order chi connectivity index (χ1) is 9.52. The summed E-state index contributed by atoms with van der Waals surface area (Å²) in [7, 11) is 0. The standard InChI is InChI=1S/C18H34N2/c1-5-14(6-2)11-20-13-17(3,15-7-8-15)19-12-18(20,4)16-9-10-16/h14-16,19H,5-13H2,1-4H3. The fourth-order valence-electron chi connectivity index (χ4n) is 4.36. The lowest BCUT2D eigenvalue weighted by molar-refractivity contribution is -0.0119. The van der Waals surface area contributed by atoms with Crippen LogP contribution in [0.3, 0.4) is 0 Å². The van der Waals surface area contributed by atoms with Gasteiger partial charge in [-0.2, -0.15) is 0 Å². The van der Waals surface area contributed by atoms with Gasteiger partial charge in [-0.3, -0.25) is 4.90 Å². The highest BCUT2D eigenvalue weighted by atomic mass is 15.3. The van der Waals surface area contributed by atoms with Crippen molar-refractivity contribution in [1.29, 1.82) is 0 Å². The maximum atomic E-state index is 3.97. The Hall–Kier alpha value is -0.0800. The van der Waals surface area contributed by atoms with E-state index in [-0.39, 0.29) is 0 Å². The molecule has 2 unspecified atom stereocenters. The van der Waals surface area contributed by atoms with Crippen molar-refractivity contribution < 1.29 is 0 Å². The molecule has 0 aromatic heterocycles. The zero-order valence-electron chi connectivity index (χ0n) is 14.0. The molecule has 3 fully saturated rings. The summed E-state index contributed by atoms with van der Waals surface area (Å²) in [6, 6.07) is 0. The molecule has 1 heterocycles. The smallest absolute Gasteiger partial charge is 0.0335 e. The van der Waals surface area contributed by atoms with E-state index in [1.54, 1.807) is 0 Å². The molecule has 2 nitrogen and oxygen atoms in total. The summed E-state index contributed by atoms with van der Waals surface area (Å²) in [6.45, 7) is 13.6. The number of nitrogens with one attached hydrogen (secondary N) is 1. The molecule has 3 rings (SSSR count). The Kier molecular flexibility index (Phi) is 3.92. The molecule has 1 N–H and O–H groups in total. The number of hydrogen-bond donors (Lipinski definition) is 1. The molecule has 116 valence electrons. The minimum atomic E-state index is 0.389. The number of piperazine rings is 1. The third kappa shape index (κ3) is 2.66. The van der Waals surface area contributed by atoms with E-state index in [1.165, 1.54) is 58.2 Å². The van der Waals surface area contributed by atoms with Crippen LogP contribution in [-0.4, -0.2) is 35.6 Å². The molecule has 0 aromatic carbocycles. The summed E-state index contributed by atoms with van der Waals surface area (Å²) >= 11 is 0. The molecule has 1 saturated heterocycles. The second kappa shape index (κ2) is 5.28. The summed E-state index contributed by atoms with van der Waals surface area (Å²) in [6.07, 6.45) is 8.48. The zero-order chi connectivity index (χ0) is 14.4. The van der Waals surface area contributed by atoms with Crippen molar-refractivity contribution in [2.45, 2.75) is 77.3 Å². The van der Waals surface area contributed by atoms with Gasteiger partial charge in [0.2, 0.25) is 0 Å². The highest BCUT2D eigenvalue weighted by molar-refractivity contribution is 5.11. The van der Waals surface area contributed by atoms with Crippen molar-refractivity contribution in [2.24, 2.45) is 17.8 Å². The van der Waals surface area contributed by atoms with E-state index in [1.807, 2.05) is 0 Å². The maximum absolute atomic E-state index is 3.97. The van der Waals surface area contributed by atoms with Crippen LogP contribution in [0.1, 0.15) is 66.2 Å². The van der Waals surface area contributed by atoms with Crippen LogP contribution in [0.4, 0.5) is 0 Å². The Bertz CT molecular complexity index is 343. The molecule has 20 heavy (non-hydrogen) atoms. The van der Waals surface area contributed by atoms with Gasteiger partial charge in [0.25, 0.3) is 0 Å². The molecule has 2 atom stereocenters. The normalized spacial score (nSPS) is 39.5. The van der Waals surface area contributed by atoms with E-state index < -0.39 is 0 Å². The summed E-state index contributed by atoms with van der Waals surface area (Å²) in [4.78, 5) is 2.90. The van der Waals surface area contributed by atoms with Crippen LogP contribution in [0, 0.1) is 17.8 Å². The van der Waals surface area contributed by atoms with Crippen molar-refractivity contribution in [3.63, 3.8) is 0 Å². The van der Waals surface area contributed by atoms with Gasteiger partial charge in [0.05, 0.1) is 0 Å². The van der Waals surface area contributed by atoms with Gasteiger partial charge < -0.3 is 5.32 Å². The Morgan fingerprint density at radius 2 is 1.65 bits per heavy atom. The van der Waals surface area contributed by atoms with Crippen LogP contribution in [-0.2, 0) is 0 Å². The van der Waals surface area contributed by atoms with Gasteiger partial charge in [-0.05, 0) is 57.3 Å². The minimum Gasteiger partial charge on any atom is -0.308 e. The summed E-state index contributed by atoms with van der Waals surface area (Å²) < 4.78 is 0. The van der Waals surface area contributed by atoms with Crippen LogP contribution in [0.15, 0.2) is 0 Å². The second-order valence-electron chi connectivity index (χ2n) is 8.24. The summed E-state index contributed by atoms with van der Waals surface area (Å²) in [5.41, 5.74) is 0.817. The van der Waals surface area contributed by atoms with Crippen molar-refractivity contribution in [3.05, 3.63) is 0 Å². The number of rotatable bonds is 6. The van der Waals surface area contributed by atoms with Crippen molar-refractivity contribution in [3.8, 4) is 0 Å². The topological polar surface area (TPSA) is 15.3 Å². The third-order valence-electron chi connectivity index (χ3n) is 6.66. The lowest BCUT2D eigenvalue weighted by Gasteiger charge is -2.54. The number of hydrogen-bond acceptors (Lipinski definition) is 2. The molecular weight excluding hydrogens is 244 g/mol. The molecule has 0 amide bonds. The molecule has 2 heteroatoms. The summed E-state index contributed by atoms with van der Waals surface area (Å²) in [5.74, 6) is 2.78. The molecule has 0 spiro atoms. The van der Waals surface area contributed by atoms with Crippen LogP contribution in [0.5, 0.6) is 0 Å². The average Bonchev–Trinajstić information content (AvgIpc) is 3.31. The van der Waals surface area contributed by atoms with E-state index in [2.05, 4.69) is 37.9 Å². The SMILES string of the molecule is CCC(CC)CN1CC(C)(C2CC2)NCC1(C)C1CC1. The van der Waals surface area contributed by atoms with Gasteiger partial charge >= 0.3 is 0 Å². The largest absolute Gasteiger partial charge is 0.308 e. The van der Waals surface area contributed by atoms with E-state index >= 15 is 0 Å². The molecule has 2 aliphatic carbocycles. The lowest BCUT2D eigenvalue weighted by atomic mass is 9.82. The van der Waals surface area contributed by atoms with Crippen LogP contribution < -0.4 is 5.32 Å². The fraction of sp³-hybridized carbons (Fsp3) is 1.00. The molecular formula is C18H34N2. The highest BCUT2D eigenvalue weighted by Crippen LogP contribution is 2.48.